The molecule has 0 bridgehead atoms. The average molecular weight is 840 g/mol. The third kappa shape index (κ3) is 9.52. The summed E-state index contributed by atoms with van der Waals surface area (Å²) in [4.78, 5) is 36.0. The molecule has 2 aliphatic rings. The number of carbonyl (C=O) groups excluding carboxylic acids is 2. The fourth-order valence-electron chi connectivity index (χ4n) is 7.91. The Kier molecular flexibility index (Phi) is 12.8. The predicted octanol–water partition coefficient (Wildman–Crippen LogP) is 13.0. The summed E-state index contributed by atoms with van der Waals surface area (Å²) in [6, 6.07) is 30.9. The number of esters is 2. The maximum absolute atomic E-state index is 14.4. The number of pyridine rings is 2. The molecule has 60 heavy (non-hydrogen) atoms. The Morgan fingerprint density at radius 2 is 1.03 bits per heavy atom. The van der Waals surface area contributed by atoms with Crippen molar-refractivity contribution in [2.24, 2.45) is 0 Å². The Labute approximate surface area is 358 Å². The van der Waals surface area contributed by atoms with Crippen LogP contribution in [0.1, 0.15) is 105 Å². The summed E-state index contributed by atoms with van der Waals surface area (Å²) in [6.07, 6.45) is 13.1. The van der Waals surface area contributed by atoms with Gasteiger partial charge in [0.15, 0.2) is 0 Å². The van der Waals surface area contributed by atoms with E-state index in [9.17, 15) is 14.0 Å². The first-order chi connectivity index (χ1) is 29.3. The molecule has 8 rings (SSSR count). The van der Waals surface area contributed by atoms with Crippen LogP contribution in [0.25, 0.3) is 22.3 Å². The van der Waals surface area contributed by atoms with Crippen LogP contribution in [-0.2, 0) is 18.0 Å². The van der Waals surface area contributed by atoms with Crippen LogP contribution < -0.4 is 9.47 Å². The number of nitrogens with zero attached hydrogens (tertiary/aromatic N) is 2. The molecule has 2 aromatic heterocycles. The molecule has 7 nitrogen and oxygen atoms in total. The van der Waals surface area contributed by atoms with Gasteiger partial charge in [-0.3, -0.25) is 9.97 Å². The molecule has 0 spiro atoms. The number of hydrogen-bond acceptors (Lipinski definition) is 7. The molecule has 10 heteroatoms. The van der Waals surface area contributed by atoms with Crippen molar-refractivity contribution in [1.82, 2.24) is 9.97 Å². The smallest absolute Gasteiger partial charge is 0.347 e. The highest BCUT2D eigenvalue weighted by atomic mass is 35.5. The van der Waals surface area contributed by atoms with Crippen molar-refractivity contribution in [2.75, 3.05) is 0 Å². The van der Waals surface area contributed by atoms with Gasteiger partial charge in [-0.25, -0.2) is 14.0 Å². The van der Waals surface area contributed by atoms with Crippen molar-refractivity contribution in [3.63, 3.8) is 0 Å². The zero-order chi connectivity index (χ0) is 41.4. The van der Waals surface area contributed by atoms with Crippen LogP contribution in [0.15, 0.2) is 128 Å². The summed E-state index contributed by atoms with van der Waals surface area (Å²) in [5.74, 6) is -0.694. The maximum Gasteiger partial charge on any atom is 0.347 e. The minimum atomic E-state index is -0.828. The Balaban J connectivity index is 1.03. The van der Waals surface area contributed by atoms with Gasteiger partial charge in [0.2, 0.25) is 0 Å². The second kappa shape index (κ2) is 18.9. The van der Waals surface area contributed by atoms with Crippen LogP contribution in [0.5, 0.6) is 11.5 Å². The molecule has 2 heterocycles. The van der Waals surface area contributed by atoms with Gasteiger partial charge in [0.25, 0.3) is 0 Å². The number of benzene rings is 4. The van der Waals surface area contributed by atoms with Gasteiger partial charge in [0, 0.05) is 51.5 Å². The second-order valence-corrected chi connectivity index (χ2v) is 15.7. The van der Waals surface area contributed by atoms with Crippen LogP contribution in [0.4, 0.5) is 4.39 Å². The number of hydrogen-bond donors (Lipinski definition) is 0. The van der Waals surface area contributed by atoms with Gasteiger partial charge in [-0.15, -0.1) is 0 Å². The van der Waals surface area contributed by atoms with Gasteiger partial charge in [0.1, 0.15) is 30.5 Å². The molecule has 0 aliphatic heterocycles. The number of rotatable bonds is 12. The van der Waals surface area contributed by atoms with E-state index in [1.165, 1.54) is 18.5 Å². The quantitative estimate of drug-likeness (QED) is 0.0896. The van der Waals surface area contributed by atoms with Gasteiger partial charge in [-0.05, 0) is 145 Å². The molecule has 0 saturated carbocycles. The van der Waals surface area contributed by atoms with Crippen LogP contribution in [-0.4, -0.2) is 21.9 Å². The highest BCUT2D eigenvalue weighted by Crippen LogP contribution is 2.44. The van der Waals surface area contributed by atoms with Crippen molar-refractivity contribution in [1.29, 1.82) is 0 Å². The summed E-state index contributed by atoms with van der Waals surface area (Å²) in [5.41, 5.74) is 9.06. The molecule has 4 aromatic carbocycles. The Morgan fingerprint density at radius 3 is 1.57 bits per heavy atom. The fourth-order valence-corrected chi connectivity index (χ4v) is 8.26. The van der Waals surface area contributed by atoms with Gasteiger partial charge in [-0.2, -0.15) is 0 Å². The molecule has 0 fully saturated rings. The second-order valence-electron chi connectivity index (χ2n) is 14.9. The van der Waals surface area contributed by atoms with E-state index < -0.39 is 11.9 Å². The fraction of sp³-hybridized carbons (Fsp3) is 0.200. The van der Waals surface area contributed by atoms with Crippen LogP contribution in [0, 0.1) is 5.82 Å². The minimum absolute atomic E-state index is 0.0466. The molecule has 0 radical (unpaired) electrons. The summed E-state index contributed by atoms with van der Waals surface area (Å²) in [5, 5.41) is 1.13. The number of carbonyl (C=O) groups is 2. The van der Waals surface area contributed by atoms with Gasteiger partial charge in [-0.1, -0.05) is 71.7 Å². The van der Waals surface area contributed by atoms with E-state index in [1.807, 2.05) is 54.6 Å². The van der Waals surface area contributed by atoms with Crippen LogP contribution in [0.3, 0.4) is 0 Å². The van der Waals surface area contributed by atoms with Crippen LogP contribution >= 0.6 is 23.2 Å². The van der Waals surface area contributed by atoms with Crippen molar-refractivity contribution in [3.8, 4) is 11.5 Å². The lowest BCUT2D eigenvalue weighted by Crippen LogP contribution is -2.14. The molecule has 302 valence electrons. The Morgan fingerprint density at radius 1 is 0.550 bits per heavy atom. The highest BCUT2D eigenvalue weighted by Gasteiger charge is 2.24. The van der Waals surface area contributed by atoms with E-state index in [-0.39, 0.29) is 23.6 Å². The van der Waals surface area contributed by atoms with E-state index in [2.05, 4.69) is 9.97 Å². The first-order valence-electron chi connectivity index (χ1n) is 20.0. The van der Waals surface area contributed by atoms with Crippen molar-refractivity contribution in [3.05, 3.63) is 188 Å². The van der Waals surface area contributed by atoms with Gasteiger partial charge >= 0.3 is 11.9 Å². The Hall–Kier alpha value is -6.09. The van der Waals surface area contributed by atoms with Gasteiger partial charge in [0.05, 0.1) is 11.1 Å². The zero-order valence-corrected chi connectivity index (χ0v) is 34.3. The molecule has 6 aromatic rings. The molecule has 0 atom stereocenters. The van der Waals surface area contributed by atoms with E-state index in [1.54, 1.807) is 54.9 Å². The van der Waals surface area contributed by atoms with E-state index >= 15 is 0 Å². The number of halogens is 3. The highest BCUT2D eigenvalue weighted by molar-refractivity contribution is 6.31. The summed E-state index contributed by atoms with van der Waals surface area (Å²) >= 11 is 13.0. The third-order valence-corrected chi connectivity index (χ3v) is 11.3. The number of allylic oxidation sites excluding steroid dienone is 4. The number of ether oxygens (including phenoxy) is 3. The average Bonchev–Trinajstić information content (AvgIpc) is 3.29. The first-order valence-corrected chi connectivity index (χ1v) is 20.8. The largest absolute Gasteiger partial charge is 0.488 e. The lowest BCUT2D eigenvalue weighted by atomic mass is 9.84. The SMILES string of the molecule is O=C(OC(=O)c1cncc(C2=C(c3cc(Cl)ccc3OCc3ccccc3F)CCCC2)c1)c1cncc(C2=C(c3cc(Cl)ccc3OCc3ccccc3)CCCC2)c1. The molecule has 0 N–H and O–H groups in total. The molecule has 0 amide bonds. The first kappa shape index (κ1) is 40.7. The van der Waals surface area contributed by atoms with Crippen LogP contribution in [0.2, 0.25) is 10.0 Å². The lowest BCUT2D eigenvalue weighted by Gasteiger charge is -2.23. The van der Waals surface area contributed by atoms with E-state index in [0.29, 0.717) is 28.0 Å². The molecule has 0 unspecified atom stereocenters. The monoisotopic (exact) mass is 838 g/mol. The summed E-state index contributed by atoms with van der Waals surface area (Å²) in [7, 11) is 0. The van der Waals surface area contributed by atoms with Crippen molar-refractivity contribution < 1.29 is 28.2 Å². The standard InChI is InChI=1S/C50H41Cl2FN2O5/c51-38-18-20-47(58-30-32-10-2-1-3-11-32)44(24-38)42-15-7-5-13-40(42)34-22-36(28-54-26-34)49(56)60-50(57)37-23-35(27-55-29-37)41-14-6-8-16-43(41)45-25-39(52)19-21-48(45)59-31-33-12-4-9-17-46(33)53/h1-4,9-12,17-29H,5-8,13-16,30-31H2. The summed E-state index contributed by atoms with van der Waals surface area (Å²) < 4.78 is 32.4. The molecular weight excluding hydrogens is 798 g/mol. The zero-order valence-electron chi connectivity index (χ0n) is 32.8. The molecule has 0 saturated heterocycles. The summed E-state index contributed by atoms with van der Waals surface area (Å²) in [6.45, 7) is 0.452. The topological polar surface area (TPSA) is 87.6 Å². The normalized spacial score (nSPS) is 14.2. The third-order valence-electron chi connectivity index (χ3n) is 10.9. The van der Waals surface area contributed by atoms with E-state index in [4.69, 9.17) is 37.4 Å². The molecule has 2 aliphatic carbocycles. The molecular formula is C50H41Cl2FN2O5. The van der Waals surface area contributed by atoms with Crippen molar-refractivity contribution in [2.45, 2.75) is 64.6 Å². The van der Waals surface area contributed by atoms with Crippen molar-refractivity contribution >= 4 is 57.4 Å². The maximum atomic E-state index is 14.4. The lowest BCUT2D eigenvalue weighted by molar-refractivity contribution is 0.0397. The predicted molar refractivity (Wildman–Crippen MR) is 233 cm³/mol. The minimum Gasteiger partial charge on any atom is -0.488 e. The van der Waals surface area contributed by atoms with E-state index in [0.717, 1.165) is 107 Å². The van der Waals surface area contributed by atoms with Gasteiger partial charge < -0.3 is 14.2 Å². The Bertz CT molecular complexity index is 2630. The number of aromatic nitrogens is 2.